The van der Waals surface area contributed by atoms with Gasteiger partial charge in [0, 0.05) is 50.9 Å². The van der Waals surface area contributed by atoms with Crippen LogP contribution in [0, 0.1) is 0 Å². The highest BCUT2D eigenvalue weighted by molar-refractivity contribution is 6.09. The molecule has 3 aromatic rings. The number of anilines is 1. The Balaban J connectivity index is 1.56. The van der Waals surface area contributed by atoms with Gasteiger partial charge < -0.3 is 9.80 Å². The molecule has 0 aliphatic carbocycles. The molecule has 132 valence electrons. The molecule has 3 heterocycles. The smallest absolute Gasteiger partial charge is 0.256 e. The second kappa shape index (κ2) is 6.63. The molecular formula is C20H20N4O2. The zero-order valence-electron chi connectivity index (χ0n) is 14.6. The fraction of sp³-hybridized carbons (Fsp3) is 0.250. The molecule has 0 atom stereocenters. The van der Waals surface area contributed by atoms with Gasteiger partial charge in [-0.1, -0.05) is 24.3 Å². The summed E-state index contributed by atoms with van der Waals surface area (Å²) in [5, 5.41) is 0.819. The average molecular weight is 348 g/mol. The number of pyridine rings is 1. The van der Waals surface area contributed by atoms with Crippen LogP contribution in [0.3, 0.4) is 0 Å². The fourth-order valence-corrected chi connectivity index (χ4v) is 3.46. The molecule has 0 unspecified atom stereocenters. The van der Waals surface area contributed by atoms with Gasteiger partial charge in [0.2, 0.25) is 5.91 Å². The van der Waals surface area contributed by atoms with Gasteiger partial charge >= 0.3 is 0 Å². The van der Waals surface area contributed by atoms with Crippen LogP contribution in [0.15, 0.2) is 54.9 Å². The second-order valence-electron chi connectivity index (χ2n) is 6.42. The van der Waals surface area contributed by atoms with E-state index in [4.69, 9.17) is 0 Å². The average Bonchev–Trinajstić information content (AvgIpc) is 3.08. The number of amides is 1. The maximum atomic E-state index is 13.1. The summed E-state index contributed by atoms with van der Waals surface area (Å²) in [6.45, 7) is 4.26. The van der Waals surface area contributed by atoms with Crippen LogP contribution in [0.5, 0.6) is 0 Å². The first-order chi connectivity index (χ1) is 12.6. The van der Waals surface area contributed by atoms with Crippen LogP contribution in [-0.4, -0.2) is 52.4 Å². The Morgan fingerprint density at radius 3 is 2.38 bits per heavy atom. The Bertz CT molecular complexity index is 956. The Kier molecular flexibility index (Phi) is 4.16. The van der Waals surface area contributed by atoms with Crippen LogP contribution >= 0.6 is 0 Å². The Morgan fingerprint density at radius 1 is 0.962 bits per heavy atom. The number of hydrogen-bond acceptors (Lipinski definition) is 4. The molecule has 1 amide bonds. The number of aromatic nitrogens is 2. The van der Waals surface area contributed by atoms with E-state index in [-0.39, 0.29) is 11.8 Å². The molecule has 1 saturated heterocycles. The normalized spacial score (nSPS) is 14.7. The maximum absolute atomic E-state index is 13.1. The lowest BCUT2D eigenvalue weighted by molar-refractivity contribution is 0.0748. The summed E-state index contributed by atoms with van der Waals surface area (Å²) in [4.78, 5) is 33.4. The van der Waals surface area contributed by atoms with Crippen molar-refractivity contribution < 1.29 is 9.59 Å². The van der Waals surface area contributed by atoms with Crippen LogP contribution in [0.2, 0.25) is 0 Å². The van der Waals surface area contributed by atoms with Crippen molar-refractivity contribution in [3.8, 4) is 0 Å². The first kappa shape index (κ1) is 16.3. The van der Waals surface area contributed by atoms with Crippen LogP contribution in [0.4, 0.5) is 5.82 Å². The van der Waals surface area contributed by atoms with Gasteiger partial charge in [-0.2, -0.15) is 0 Å². The van der Waals surface area contributed by atoms with Crippen LogP contribution in [-0.2, 0) is 0 Å². The summed E-state index contributed by atoms with van der Waals surface area (Å²) in [5.41, 5.74) is 1.36. The fourth-order valence-electron chi connectivity index (χ4n) is 3.46. The van der Waals surface area contributed by atoms with E-state index in [1.807, 2.05) is 47.4 Å². The monoisotopic (exact) mass is 348 g/mol. The molecule has 0 saturated carbocycles. The van der Waals surface area contributed by atoms with Gasteiger partial charge in [-0.25, -0.2) is 4.98 Å². The molecule has 1 aliphatic rings. The largest absolute Gasteiger partial charge is 0.353 e. The summed E-state index contributed by atoms with van der Waals surface area (Å²) in [7, 11) is 0. The molecule has 0 spiro atoms. The van der Waals surface area contributed by atoms with Crippen molar-refractivity contribution >= 4 is 28.5 Å². The highest BCUT2D eigenvalue weighted by atomic mass is 16.2. The predicted octanol–water partition coefficient (Wildman–Crippen LogP) is 2.66. The van der Waals surface area contributed by atoms with Crippen molar-refractivity contribution in [1.29, 1.82) is 0 Å². The molecule has 6 heteroatoms. The van der Waals surface area contributed by atoms with Gasteiger partial charge in [-0.15, -0.1) is 0 Å². The van der Waals surface area contributed by atoms with Crippen LogP contribution in [0.25, 0.3) is 10.9 Å². The Morgan fingerprint density at radius 2 is 1.69 bits per heavy atom. The molecular weight excluding hydrogens is 328 g/mol. The van der Waals surface area contributed by atoms with E-state index in [0.29, 0.717) is 18.7 Å². The van der Waals surface area contributed by atoms with E-state index in [2.05, 4.69) is 9.88 Å². The van der Waals surface area contributed by atoms with Gasteiger partial charge in [0.1, 0.15) is 5.82 Å². The van der Waals surface area contributed by atoms with Gasteiger partial charge in [-0.3, -0.25) is 14.2 Å². The summed E-state index contributed by atoms with van der Waals surface area (Å²) in [6.07, 6.45) is 3.45. The molecule has 0 N–H and O–H groups in total. The zero-order valence-corrected chi connectivity index (χ0v) is 14.6. The number of fused-ring (bicyclic) bond motifs is 1. The van der Waals surface area contributed by atoms with Crippen molar-refractivity contribution in [2.45, 2.75) is 6.92 Å². The summed E-state index contributed by atoms with van der Waals surface area (Å²) >= 11 is 0. The molecule has 1 aromatic carbocycles. The molecule has 4 rings (SSSR count). The van der Waals surface area contributed by atoms with Crippen molar-refractivity contribution in [1.82, 2.24) is 14.5 Å². The lowest BCUT2D eigenvalue weighted by Crippen LogP contribution is -2.49. The topological polar surface area (TPSA) is 58.4 Å². The van der Waals surface area contributed by atoms with Crippen LogP contribution in [0.1, 0.15) is 22.1 Å². The molecule has 6 nitrogen and oxygen atoms in total. The van der Waals surface area contributed by atoms with Crippen LogP contribution < -0.4 is 4.90 Å². The number of carbonyl (C=O) groups is 2. The second-order valence-corrected chi connectivity index (χ2v) is 6.42. The number of benzene rings is 1. The minimum atomic E-state index is -0.0970. The van der Waals surface area contributed by atoms with Gasteiger partial charge in [-0.05, 0) is 18.2 Å². The number of nitrogens with zero attached hydrogens (tertiary/aromatic N) is 4. The van der Waals surface area contributed by atoms with E-state index >= 15 is 0 Å². The van der Waals surface area contributed by atoms with E-state index in [9.17, 15) is 9.59 Å². The Labute approximate surface area is 151 Å². The number of para-hydroxylation sites is 1. The first-order valence-corrected chi connectivity index (χ1v) is 8.71. The van der Waals surface area contributed by atoms with Gasteiger partial charge in [0.15, 0.2) is 0 Å². The lowest BCUT2D eigenvalue weighted by atomic mass is 10.1. The minimum absolute atomic E-state index is 0.0260. The van der Waals surface area contributed by atoms with Crippen molar-refractivity contribution in [3.63, 3.8) is 0 Å². The number of rotatable bonds is 2. The molecule has 0 bridgehead atoms. The quantitative estimate of drug-likeness (QED) is 0.714. The summed E-state index contributed by atoms with van der Waals surface area (Å²) in [5.74, 6) is 0.815. The van der Waals surface area contributed by atoms with Gasteiger partial charge in [0.25, 0.3) is 5.91 Å². The van der Waals surface area contributed by atoms with E-state index < -0.39 is 0 Å². The molecule has 26 heavy (non-hydrogen) atoms. The number of hydrogen-bond donors (Lipinski definition) is 0. The third kappa shape index (κ3) is 2.83. The maximum Gasteiger partial charge on any atom is 0.256 e. The highest BCUT2D eigenvalue weighted by Gasteiger charge is 2.25. The van der Waals surface area contributed by atoms with E-state index in [1.165, 1.54) is 6.92 Å². The molecule has 2 aromatic heterocycles. The standard InChI is InChI=1S/C20H20N4O2/c1-15(25)24-14-17(16-6-2-3-7-18(16)24)20(26)23-12-10-22(11-13-23)19-8-4-5-9-21-19/h2-9,14H,10-13H2,1H3. The third-order valence-corrected chi connectivity index (χ3v) is 4.82. The zero-order chi connectivity index (χ0) is 18.1. The highest BCUT2D eigenvalue weighted by Crippen LogP contribution is 2.23. The first-order valence-electron chi connectivity index (χ1n) is 8.71. The predicted molar refractivity (Wildman–Crippen MR) is 101 cm³/mol. The van der Waals surface area contributed by atoms with Crippen molar-refractivity contribution in [2.75, 3.05) is 31.1 Å². The van der Waals surface area contributed by atoms with E-state index in [0.717, 1.165) is 29.8 Å². The number of piperazine rings is 1. The summed E-state index contributed by atoms with van der Waals surface area (Å²) in [6, 6.07) is 13.4. The molecule has 1 fully saturated rings. The lowest BCUT2D eigenvalue weighted by Gasteiger charge is -2.35. The molecule has 0 radical (unpaired) electrons. The van der Waals surface area contributed by atoms with Gasteiger partial charge in [0.05, 0.1) is 11.1 Å². The van der Waals surface area contributed by atoms with Crippen molar-refractivity contribution in [2.24, 2.45) is 0 Å². The minimum Gasteiger partial charge on any atom is -0.353 e. The van der Waals surface area contributed by atoms with E-state index in [1.54, 1.807) is 17.0 Å². The van der Waals surface area contributed by atoms with Crippen molar-refractivity contribution in [3.05, 3.63) is 60.4 Å². The molecule has 1 aliphatic heterocycles. The third-order valence-electron chi connectivity index (χ3n) is 4.82. The number of carbonyl (C=O) groups excluding carboxylic acids is 2. The summed E-state index contributed by atoms with van der Waals surface area (Å²) < 4.78 is 1.55. The Hall–Kier alpha value is -3.15. The SMILES string of the molecule is CC(=O)n1cc(C(=O)N2CCN(c3ccccn3)CC2)c2ccccc21.